The molecule has 0 radical (unpaired) electrons. The number of benzene rings is 1. The van der Waals surface area contributed by atoms with E-state index in [9.17, 15) is 14.4 Å². The van der Waals surface area contributed by atoms with Gasteiger partial charge in [-0.25, -0.2) is 14.8 Å². The van der Waals surface area contributed by atoms with Crippen molar-refractivity contribution in [2.75, 3.05) is 19.7 Å². The first-order valence-electron chi connectivity index (χ1n) is 8.71. The lowest BCUT2D eigenvalue weighted by atomic mass is 9.85. The van der Waals surface area contributed by atoms with Gasteiger partial charge in [0.15, 0.2) is 0 Å². The average Bonchev–Trinajstić information content (AvgIpc) is 3.11. The first-order valence-corrected chi connectivity index (χ1v) is 8.71. The number of amides is 2. The molecule has 1 aromatic carbocycles. The van der Waals surface area contributed by atoms with Crippen LogP contribution >= 0.6 is 0 Å². The first-order chi connectivity index (χ1) is 11.9. The number of hydrogen-bond donors (Lipinski definition) is 0. The Morgan fingerprint density at radius 1 is 1.08 bits per heavy atom. The van der Waals surface area contributed by atoms with Crippen molar-refractivity contribution in [1.29, 1.82) is 0 Å². The molecule has 1 saturated heterocycles. The third-order valence-electron chi connectivity index (χ3n) is 4.63. The van der Waals surface area contributed by atoms with Crippen molar-refractivity contribution in [3.63, 3.8) is 0 Å². The Bertz CT molecular complexity index is 628. The summed E-state index contributed by atoms with van der Waals surface area (Å²) < 4.78 is 5.28. The zero-order valence-corrected chi connectivity index (χ0v) is 15.2. The molecule has 6 heteroatoms. The second-order valence-corrected chi connectivity index (χ2v) is 6.82. The Morgan fingerprint density at radius 3 is 2.36 bits per heavy atom. The molecule has 0 N–H and O–H groups in total. The minimum absolute atomic E-state index is 0.232. The van der Waals surface area contributed by atoms with Crippen LogP contribution in [0.4, 0.5) is 4.79 Å². The number of Topliss-reactive ketones (excluding diaryl/α,β-unsaturated/α-hetero) is 1. The van der Waals surface area contributed by atoms with Crippen LogP contribution in [0.2, 0.25) is 0 Å². The predicted molar refractivity (Wildman–Crippen MR) is 93.6 cm³/mol. The molecule has 1 fully saturated rings. The zero-order valence-electron chi connectivity index (χ0n) is 15.2. The molecule has 0 unspecified atom stereocenters. The second kappa shape index (κ2) is 8.14. The number of carbonyl (C=O) groups is 3. The number of nitrogens with zero attached hydrogens (tertiary/aromatic N) is 2. The van der Waals surface area contributed by atoms with Crippen molar-refractivity contribution in [3.05, 3.63) is 35.9 Å². The van der Waals surface area contributed by atoms with Crippen LogP contribution in [0, 0.1) is 5.41 Å². The van der Waals surface area contributed by atoms with Crippen molar-refractivity contribution in [2.24, 2.45) is 5.41 Å². The molecule has 1 heterocycles. The standard InChI is InChI=1S/C19H26N2O4/c1-4-19(2,3)16(22)17(23)20-12-8-13-21(20)18(24)25-14-11-15-9-6-5-7-10-15/h5-7,9-10H,4,8,11-14H2,1-3H3. The number of carbonyl (C=O) groups excluding carboxylic acids is 3. The van der Waals surface area contributed by atoms with Crippen LogP contribution in [0.3, 0.4) is 0 Å². The fourth-order valence-corrected chi connectivity index (χ4v) is 2.56. The normalized spacial score (nSPS) is 14.5. The van der Waals surface area contributed by atoms with Crippen LogP contribution < -0.4 is 0 Å². The van der Waals surface area contributed by atoms with Gasteiger partial charge in [0.1, 0.15) is 0 Å². The van der Waals surface area contributed by atoms with Gasteiger partial charge in [-0.3, -0.25) is 9.59 Å². The van der Waals surface area contributed by atoms with Gasteiger partial charge in [0.25, 0.3) is 0 Å². The fraction of sp³-hybridized carbons (Fsp3) is 0.526. The molecule has 2 amide bonds. The number of rotatable bonds is 6. The summed E-state index contributed by atoms with van der Waals surface area (Å²) in [6.07, 6.45) is 1.23. The molecule has 136 valence electrons. The molecule has 1 aliphatic rings. The molecule has 1 aliphatic heterocycles. The van der Waals surface area contributed by atoms with Crippen LogP contribution in [0.15, 0.2) is 30.3 Å². The van der Waals surface area contributed by atoms with E-state index in [4.69, 9.17) is 4.74 Å². The van der Waals surface area contributed by atoms with E-state index in [2.05, 4.69) is 0 Å². The Hall–Kier alpha value is -2.37. The minimum Gasteiger partial charge on any atom is -0.448 e. The van der Waals surface area contributed by atoms with E-state index in [-0.39, 0.29) is 6.61 Å². The molecule has 0 aromatic heterocycles. The maximum atomic E-state index is 12.5. The molecular weight excluding hydrogens is 320 g/mol. The Balaban J connectivity index is 1.92. The highest BCUT2D eigenvalue weighted by Gasteiger charge is 2.40. The summed E-state index contributed by atoms with van der Waals surface area (Å²) in [5, 5.41) is 2.47. The molecule has 1 aromatic rings. The van der Waals surface area contributed by atoms with Crippen molar-refractivity contribution in [1.82, 2.24) is 10.0 Å². The van der Waals surface area contributed by atoms with Gasteiger partial charge in [0.05, 0.1) is 6.61 Å². The van der Waals surface area contributed by atoms with Crippen LogP contribution in [0.25, 0.3) is 0 Å². The summed E-state index contributed by atoms with van der Waals surface area (Å²) in [4.78, 5) is 37.2. The lowest BCUT2D eigenvalue weighted by molar-refractivity contribution is -0.156. The summed E-state index contributed by atoms with van der Waals surface area (Å²) in [6, 6.07) is 9.71. The van der Waals surface area contributed by atoms with E-state index in [1.807, 2.05) is 37.3 Å². The quantitative estimate of drug-likeness (QED) is 0.743. The van der Waals surface area contributed by atoms with Gasteiger partial charge in [-0.1, -0.05) is 51.1 Å². The minimum atomic E-state index is -0.734. The molecular formula is C19H26N2O4. The number of hydrazine groups is 1. The fourth-order valence-electron chi connectivity index (χ4n) is 2.56. The van der Waals surface area contributed by atoms with E-state index in [0.717, 1.165) is 5.56 Å². The summed E-state index contributed by atoms with van der Waals surface area (Å²) in [5.74, 6) is -1.11. The van der Waals surface area contributed by atoms with E-state index >= 15 is 0 Å². The van der Waals surface area contributed by atoms with Crippen LogP contribution in [0.1, 0.15) is 39.2 Å². The molecule has 2 rings (SSSR count). The maximum absolute atomic E-state index is 12.5. The summed E-state index contributed by atoms with van der Waals surface area (Å²) in [5.41, 5.74) is 0.340. The highest BCUT2D eigenvalue weighted by molar-refractivity contribution is 6.37. The average molecular weight is 346 g/mol. The van der Waals surface area contributed by atoms with Crippen molar-refractivity contribution >= 4 is 17.8 Å². The lowest BCUT2D eigenvalue weighted by Crippen LogP contribution is -2.50. The van der Waals surface area contributed by atoms with Crippen LogP contribution in [0.5, 0.6) is 0 Å². The van der Waals surface area contributed by atoms with Gasteiger partial charge in [0, 0.05) is 24.9 Å². The molecule has 0 spiro atoms. The van der Waals surface area contributed by atoms with E-state index in [0.29, 0.717) is 32.4 Å². The molecule has 0 bridgehead atoms. The highest BCUT2D eigenvalue weighted by atomic mass is 16.6. The van der Waals surface area contributed by atoms with Crippen LogP contribution in [-0.2, 0) is 20.7 Å². The summed E-state index contributed by atoms with van der Waals surface area (Å²) >= 11 is 0. The Kier molecular flexibility index (Phi) is 6.17. The van der Waals surface area contributed by atoms with Crippen molar-refractivity contribution in [3.8, 4) is 0 Å². The van der Waals surface area contributed by atoms with Crippen LogP contribution in [-0.4, -0.2) is 47.5 Å². The van der Waals surface area contributed by atoms with E-state index < -0.39 is 23.2 Å². The summed E-state index contributed by atoms with van der Waals surface area (Å²) in [6.45, 7) is 6.33. The zero-order chi connectivity index (χ0) is 18.4. The number of hydrogen-bond acceptors (Lipinski definition) is 4. The number of ketones is 1. The third kappa shape index (κ3) is 4.59. The molecule has 25 heavy (non-hydrogen) atoms. The Labute approximate surface area is 148 Å². The van der Waals surface area contributed by atoms with Gasteiger partial charge in [-0.2, -0.15) is 0 Å². The lowest BCUT2D eigenvalue weighted by Gasteiger charge is -2.29. The maximum Gasteiger partial charge on any atom is 0.428 e. The smallest absolute Gasteiger partial charge is 0.428 e. The van der Waals surface area contributed by atoms with Gasteiger partial charge in [-0.15, -0.1) is 0 Å². The second-order valence-electron chi connectivity index (χ2n) is 6.82. The third-order valence-corrected chi connectivity index (χ3v) is 4.63. The van der Waals surface area contributed by atoms with Crippen molar-refractivity contribution < 1.29 is 19.1 Å². The van der Waals surface area contributed by atoms with Gasteiger partial charge < -0.3 is 4.74 Å². The van der Waals surface area contributed by atoms with Gasteiger partial charge in [0.2, 0.25) is 5.78 Å². The summed E-state index contributed by atoms with van der Waals surface area (Å²) in [7, 11) is 0. The molecule has 0 saturated carbocycles. The first kappa shape index (κ1) is 19.0. The predicted octanol–water partition coefficient (Wildman–Crippen LogP) is 2.82. The molecule has 0 atom stereocenters. The Morgan fingerprint density at radius 2 is 1.72 bits per heavy atom. The monoisotopic (exact) mass is 346 g/mol. The molecule has 0 aliphatic carbocycles. The molecule has 6 nitrogen and oxygen atoms in total. The topological polar surface area (TPSA) is 66.9 Å². The SMILES string of the molecule is CCC(C)(C)C(=O)C(=O)N1CCCN1C(=O)OCCc1ccccc1. The van der Waals surface area contributed by atoms with Gasteiger partial charge >= 0.3 is 12.0 Å². The van der Waals surface area contributed by atoms with Crippen molar-refractivity contribution in [2.45, 2.75) is 40.0 Å². The van der Waals surface area contributed by atoms with Gasteiger partial charge in [-0.05, 0) is 18.4 Å². The number of ether oxygens (including phenoxy) is 1. The van der Waals surface area contributed by atoms with E-state index in [1.165, 1.54) is 10.0 Å². The van der Waals surface area contributed by atoms with E-state index in [1.54, 1.807) is 13.8 Å². The highest BCUT2D eigenvalue weighted by Crippen LogP contribution is 2.24. The largest absolute Gasteiger partial charge is 0.448 e.